The van der Waals surface area contributed by atoms with E-state index in [9.17, 15) is 14.7 Å². The van der Waals surface area contributed by atoms with Crippen LogP contribution in [0.2, 0.25) is 0 Å². The van der Waals surface area contributed by atoms with Gasteiger partial charge in [0, 0.05) is 0 Å². The van der Waals surface area contributed by atoms with Crippen LogP contribution in [0.15, 0.2) is 0 Å². The van der Waals surface area contributed by atoms with Crippen molar-refractivity contribution in [2.24, 2.45) is 11.3 Å². The third kappa shape index (κ3) is 2.49. The molecule has 0 bridgehead atoms. The third-order valence-electron chi connectivity index (χ3n) is 2.29. The number of aliphatic carboxylic acids is 2. The van der Waals surface area contributed by atoms with Crippen LogP contribution < -0.4 is 24.0 Å². The molecule has 1 atom stereocenters. The number of hydrogen-bond donors (Lipinski definition) is 1. The maximum Gasteiger partial charge on any atom is 1.00 e. The Balaban J connectivity index is 0. The van der Waals surface area contributed by atoms with E-state index >= 15 is 0 Å². The fourth-order valence-electron chi connectivity index (χ4n) is 1.27. The van der Waals surface area contributed by atoms with Gasteiger partial charge in [0.25, 0.3) is 0 Å². The molecule has 0 aromatic rings. The van der Waals surface area contributed by atoms with Crippen molar-refractivity contribution in [1.29, 1.82) is 0 Å². The fourth-order valence-corrected chi connectivity index (χ4v) is 1.27. The first-order valence-corrected chi connectivity index (χ1v) is 3.84. The summed E-state index contributed by atoms with van der Waals surface area (Å²) in [6.07, 6.45) is 0.0440. The number of rotatable bonds is 4. The van der Waals surface area contributed by atoms with Crippen molar-refractivity contribution in [3.8, 4) is 0 Å². The van der Waals surface area contributed by atoms with E-state index < -0.39 is 23.3 Å². The topological polar surface area (TPSA) is 77.4 Å². The molecule has 70 valence electrons. The third-order valence-corrected chi connectivity index (χ3v) is 2.29. The second-order valence-electron chi connectivity index (χ2n) is 3.07. The smallest absolute Gasteiger partial charge is 0.549 e. The molecule has 13 heavy (non-hydrogen) atoms. The van der Waals surface area contributed by atoms with Gasteiger partial charge in [-0.15, -0.1) is 0 Å². The summed E-state index contributed by atoms with van der Waals surface area (Å²) in [4.78, 5) is 21.4. The maximum absolute atomic E-state index is 10.7. The van der Waals surface area contributed by atoms with Crippen LogP contribution in [-0.4, -0.2) is 17.0 Å². The van der Waals surface area contributed by atoms with E-state index in [4.69, 9.17) is 5.11 Å². The van der Waals surface area contributed by atoms with Gasteiger partial charge >= 0.3 is 24.8 Å². The Kier molecular flexibility index (Phi) is 6.14. The Bertz CT molecular complexity index is 186. The van der Waals surface area contributed by atoms with Gasteiger partial charge in [-0.05, 0) is 12.3 Å². The molecular formula is C8H13LiO4. The molecule has 5 heteroatoms. The molecule has 0 saturated heterocycles. The number of carboxylic acid groups (broad SMARTS) is 2. The number of hydrogen-bond acceptors (Lipinski definition) is 3. The Morgan fingerprint density at radius 2 is 1.85 bits per heavy atom. The maximum atomic E-state index is 10.7. The summed E-state index contributed by atoms with van der Waals surface area (Å²) in [5.74, 6) is -3.29. The minimum Gasteiger partial charge on any atom is -0.549 e. The molecule has 0 amide bonds. The standard InChI is InChI=1S/C8H14O4.Li/c1-4-8(5(2)3,6(9)10)7(11)12;/h5H,4H2,1-3H3,(H,9,10)(H,11,12);/q;+1/p-1. The summed E-state index contributed by atoms with van der Waals surface area (Å²) >= 11 is 0. The minimum atomic E-state index is -1.74. The van der Waals surface area contributed by atoms with E-state index in [2.05, 4.69) is 0 Å². The number of carboxylic acids is 2. The average Bonchev–Trinajstić information content (AvgIpc) is 1.86. The molecule has 0 aliphatic carbocycles. The Morgan fingerprint density at radius 1 is 1.46 bits per heavy atom. The Labute approximate surface area is 89.5 Å². The summed E-state index contributed by atoms with van der Waals surface area (Å²) in [6.45, 7) is 4.66. The molecule has 4 nitrogen and oxygen atoms in total. The molecule has 0 aliphatic rings. The van der Waals surface area contributed by atoms with Gasteiger partial charge < -0.3 is 15.0 Å². The van der Waals surface area contributed by atoms with Crippen LogP contribution in [0.4, 0.5) is 0 Å². The van der Waals surface area contributed by atoms with Crippen molar-refractivity contribution in [3.63, 3.8) is 0 Å². The quantitative estimate of drug-likeness (QED) is 0.366. The SMILES string of the molecule is CCC(C(=O)[O-])(C(=O)O)C(C)C.[Li+]. The van der Waals surface area contributed by atoms with Gasteiger partial charge in [0.05, 0.1) is 5.97 Å². The van der Waals surface area contributed by atoms with E-state index in [0.29, 0.717) is 0 Å². The van der Waals surface area contributed by atoms with Crippen molar-refractivity contribution in [1.82, 2.24) is 0 Å². The van der Waals surface area contributed by atoms with E-state index in [1.807, 2.05) is 0 Å². The van der Waals surface area contributed by atoms with Crippen molar-refractivity contribution in [3.05, 3.63) is 0 Å². The van der Waals surface area contributed by atoms with Gasteiger partial charge in [-0.2, -0.15) is 0 Å². The van der Waals surface area contributed by atoms with Gasteiger partial charge in [0.1, 0.15) is 5.41 Å². The molecule has 0 spiro atoms. The minimum absolute atomic E-state index is 0. The van der Waals surface area contributed by atoms with Gasteiger partial charge in [-0.1, -0.05) is 20.8 Å². The molecule has 0 fully saturated rings. The first kappa shape index (κ1) is 15.0. The predicted octanol–water partition coefficient (Wildman–Crippen LogP) is -3.12. The monoisotopic (exact) mass is 180 g/mol. The zero-order valence-corrected chi connectivity index (χ0v) is 8.46. The van der Waals surface area contributed by atoms with Crippen LogP contribution in [0.3, 0.4) is 0 Å². The molecule has 0 rings (SSSR count). The summed E-state index contributed by atoms with van der Waals surface area (Å²) in [7, 11) is 0. The van der Waals surface area contributed by atoms with Gasteiger partial charge in [0.15, 0.2) is 0 Å². The second-order valence-corrected chi connectivity index (χ2v) is 3.07. The summed E-state index contributed by atoms with van der Waals surface area (Å²) in [5, 5.41) is 19.4. The van der Waals surface area contributed by atoms with E-state index in [-0.39, 0.29) is 25.3 Å². The van der Waals surface area contributed by atoms with E-state index in [1.54, 1.807) is 13.8 Å². The van der Waals surface area contributed by atoms with Crippen molar-refractivity contribution in [2.45, 2.75) is 27.2 Å². The fraction of sp³-hybridized carbons (Fsp3) is 0.750. The first-order valence-electron chi connectivity index (χ1n) is 3.84. The molecule has 0 aliphatic heterocycles. The van der Waals surface area contributed by atoms with Crippen LogP contribution in [0.5, 0.6) is 0 Å². The van der Waals surface area contributed by atoms with Crippen LogP contribution in [0, 0.1) is 11.3 Å². The molecule has 0 radical (unpaired) electrons. The van der Waals surface area contributed by atoms with Crippen molar-refractivity contribution in [2.75, 3.05) is 0 Å². The zero-order valence-electron chi connectivity index (χ0n) is 8.46. The van der Waals surface area contributed by atoms with Crippen LogP contribution in [0.1, 0.15) is 27.2 Å². The summed E-state index contributed by atoms with van der Waals surface area (Å²) in [5.41, 5.74) is -1.74. The molecule has 1 N–H and O–H groups in total. The van der Waals surface area contributed by atoms with Gasteiger partial charge in [0.2, 0.25) is 0 Å². The van der Waals surface area contributed by atoms with Crippen molar-refractivity contribution < 1.29 is 38.7 Å². The Hall–Kier alpha value is -0.463. The van der Waals surface area contributed by atoms with Crippen LogP contribution in [0.25, 0.3) is 0 Å². The molecule has 0 heterocycles. The number of carbonyl (C=O) groups is 2. The summed E-state index contributed by atoms with van der Waals surface area (Å²) < 4.78 is 0. The Morgan fingerprint density at radius 3 is 1.85 bits per heavy atom. The van der Waals surface area contributed by atoms with E-state index in [0.717, 1.165) is 0 Å². The molecule has 0 aromatic carbocycles. The van der Waals surface area contributed by atoms with Crippen molar-refractivity contribution >= 4 is 11.9 Å². The number of carbonyl (C=O) groups excluding carboxylic acids is 1. The van der Waals surface area contributed by atoms with E-state index in [1.165, 1.54) is 6.92 Å². The average molecular weight is 180 g/mol. The first-order chi connectivity index (χ1) is 5.39. The second kappa shape index (κ2) is 5.31. The van der Waals surface area contributed by atoms with Gasteiger partial charge in [-0.3, -0.25) is 4.79 Å². The van der Waals surface area contributed by atoms with Gasteiger partial charge in [-0.25, -0.2) is 0 Å². The molecule has 0 saturated carbocycles. The molecule has 1 unspecified atom stereocenters. The van der Waals surface area contributed by atoms with Crippen LogP contribution >= 0.6 is 0 Å². The normalized spacial score (nSPS) is 14.5. The zero-order chi connectivity index (χ0) is 9.94. The molecule has 0 aromatic heterocycles. The van der Waals surface area contributed by atoms with Crippen LogP contribution in [-0.2, 0) is 9.59 Å². The molecular weight excluding hydrogens is 167 g/mol. The predicted molar refractivity (Wildman–Crippen MR) is 40.2 cm³/mol. The largest absolute Gasteiger partial charge is 1.00 e. The summed E-state index contributed by atoms with van der Waals surface area (Å²) in [6, 6.07) is 0.